The van der Waals surface area contributed by atoms with Crippen molar-refractivity contribution in [1.29, 1.82) is 0 Å². The number of hydrogen-bond donors (Lipinski definition) is 0. The number of fused-ring (bicyclic) bond motifs is 1. The van der Waals surface area contributed by atoms with Crippen molar-refractivity contribution in [2.45, 2.75) is 11.7 Å². The minimum absolute atomic E-state index is 0.625. The highest BCUT2D eigenvalue weighted by Crippen LogP contribution is 2.35. The first-order valence-electron chi connectivity index (χ1n) is 3.65. The Bertz CT molecular complexity index is 170. The van der Waals surface area contributed by atoms with E-state index in [1.807, 2.05) is 11.8 Å². The normalized spacial score (nSPS) is 37.6. The molecular weight excluding hydrogens is 140 g/mol. The molecule has 0 amide bonds. The molecular formula is C9H10S. The van der Waals surface area contributed by atoms with Crippen LogP contribution in [0.25, 0.3) is 0 Å². The van der Waals surface area contributed by atoms with E-state index in [0.29, 0.717) is 5.92 Å². The molecule has 1 saturated heterocycles. The Hall–Kier alpha value is -0.170. The molecule has 0 aromatic carbocycles. The molecule has 2 unspecified atom stereocenters. The summed E-state index contributed by atoms with van der Waals surface area (Å²) in [5.74, 6) is 1.74. The third-order valence-electron chi connectivity index (χ3n) is 1.95. The van der Waals surface area contributed by atoms with Gasteiger partial charge in [-0.2, -0.15) is 11.8 Å². The molecule has 2 radical (unpaired) electrons. The van der Waals surface area contributed by atoms with Gasteiger partial charge in [0.25, 0.3) is 0 Å². The summed E-state index contributed by atoms with van der Waals surface area (Å²) in [4.78, 5) is 0. The SMILES string of the molecule is [C]1CSC2CC=CC=CC12. The molecule has 0 aromatic heterocycles. The summed E-state index contributed by atoms with van der Waals surface area (Å²) in [7, 11) is 0. The molecule has 0 N–H and O–H groups in total. The van der Waals surface area contributed by atoms with Crippen molar-refractivity contribution in [2.24, 2.45) is 5.92 Å². The maximum Gasteiger partial charge on any atom is 0.0151 e. The largest absolute Gasteiger partial charge is 0.157 e. The van der Waals surface area contributed by atoms with Crippen LogP contribution in [0.5, 0.6) is 0 Å². The van der Waals surface area contributed by atoms with E-state index in [2.05, 4.69) is 30.7 Å². The Kier molecular flexibility index (Phi) is 1.85. The summed E-state index contributed by atoms with van der Waals surface area (Å²) in [6.07, 6.45) is 13.4. The predicted molar refractivity (Wildman–Crippen MR) is 45.9 cm³/mol. The van der Waals surface area contributed by atoms with Crippen molar-refractivity contribution in [3.63, 3.8) is 0 Å². The minimum atomic E-state index is 0.625. The van der Waals surface area contributed by atoms with Crippen molar-refractivity contribution in [1.82, 2.24) is 0 Å². The van der Waals surface area contributed by atoms with E-state index in [1.54, 1.807) is 0 Å². The number of thioether (sulfide) groups is 1. The van der Waals surface area contributed by atoms with Crippen molar-refractivity contribution in [2.75, 3.05) is 5.75 Å². The standard InChI is InChI=1S/C9H10S/c1-2-4-8-6-7-10-9(8)5-3-1/h1-4,8-9H,5,7H2. The van der Waals surface area contributed by atoms with Gasteiger partial charge in [0.1, 0.15) is 0 Å². The number of rotatable bonds is 0. The number of hydrogen-bond acceptors (Lipinski definition) is 1. The zero-order valence-electron chi connectivity index (χ0n) is 5.79. The van der Waals surface area contributed by atoms with Crippen LogP contribution in [0.1, 0.15) is 6.42 Å². The summed E-state index contributed by atoms with van der Waals surface area (Å²) in [5.41, 5.74) is 0. The summed E-state index contributed by atoms with van der Waals surface area (Å²) in [6.45, 7) is 0. The Balaban J connectivity index is 2.12. The Morgan fingerprint density at radius 2 is 2.40 bits per heavy atom. The summed E-state index contributed by atoms with van der Waals surface area (Å²) < 4.78 is 0. The molecule has 0 nitrogen and oxygen atoms in total. The van der Waals surface area contributed by atoms with Crippen molar-refractivity contribution in [3.05, 3.63) is 30.7 Å². The molecule has 2 atom stereocenters. The lowest BCUT2D eigenvalue weighted by molar-refractivity contribution is 0.730. The van der Waals surface area contributed by atoms with Crippen LogP contribution < -0.4 is 0 Å². The molecule has 1 fully saturated rings. The van der Waals surface area contributed by atoms with Gasteiger partial charge in [-0.15, -0.1) is 0 Å². The molecule has 1 heterocycles. The summed E-state index contributed by atoms with van der Waals surface area (Å²) in [6, 6.07) is 0. The fraction of sp³-hybridized carbons (Fsp3) is 0.444. The third-order valence-corrected chi connectivity index (χ3v) is 3.20. The maximum absolute atomic E-state index is 3.43. The summed E-state index contributed by atoms with van der Waals surface area (Å²) in [5, 5.41) is 0.787. The first-order valence-corrected chi connectivity index (χ1v) is 4.70. The molecule has 52 valence electrons. The predicted octanol–water partition coefficient (Wildman–Crippen LogP) is 2.32. The second-order valence-corrected chi connectivity index (χ2v) is 3.86. The molecule has 0 bridgehead atoms. The van der Waals surface area contributed by atoms with Crippen LogP contribution in [0.2, 0.25) is 0 Å². The van der Waals surface area contributed by atoms with Gasteiger partial charge in [0.05, 0.1) is 0 Å². The van der Waals surface area contributed by atoms with Crippen LogP contribution in [0.15, 0.2) is 24.3 Å². The second-order valence-electron chi connectivity index (χ2n) is 2.63. The molecule has 1 heteroatoms. The van der Waals surface area contributed by atoms with Crippen LogP contribution in [0, 0.1) is 12.3 Å². The Morgan fingerprint density at radius 3 is 3.40 bits per heavy atom. The fourth-order valence-electron chi connectivity index (χ4n) is 1.37. The zero-order chi connectivity index (χ0) is 6.81. The summed E-state index contributed by atoms with van der Waals surface area (Å²) >= 11 is 2.03. The lowest BCUT2D eigenvalue weighted by Gasteiger charge is -2.09. The van der Waals surface area contributed by atoms with Crippen molar-refractivity contribution < 1.29 is 0 Å². The molecule has 0 saturated carbocycles. The van der Waals surface area contributed by atoms with E-state index in [0.717, 1.165) is 11.0 Å². The highest BCUT2D eigenvalue weighted by atomic mass is 32.2. The molecule has 2 aliphatic rings. The zero-order valence-corrected chi connectivity index (χ0v) is 6.60. The molecule has 0 aromatic rings. The van der Waals surface area contributed by atoms with Gasteiger partial charge in [-0.05, 0) is 12.3 Å². The van der Waals surface area contributed by atoms with E-state index in [4.69, 9.17) is 0 Å². The van der Waals surface area contributed by atoms with E-state index >= 15 is 0 Å². The van der Waals surface area contributed by atoms with Crippen molar-refractivity contribution >= 4 is 11.8 Å². The fourth-order valence-corrected chi connectivity index (χ4v) is 2.51. The minimum Gasteiger partial charge on any atom is -0.157 e. The maximum atomic E-state index is 3.43. The smallest absolute Gasteiger partial charge is 0.0151 e. The van der Waals surface area contributed by atoms with Gasteiger partial charge >= 0.3 is 0 Å². The Labute approximate surface area is 66.4 Å². The number of allylic oxidation sites excluding steroid dienone is 4. The van der Waals surface area contributed by atoms with E-state index < -0.39 is 0 Å². The monoisotopic (exact) mass is 150 g/mol. The van der Waals surface area contributed by atoms with Crippen LogP contribution in [-0.4, -0.2) is 11.0 Å². The topological polar surface area (TPSA) is 0 Å². The highest BCUT2D eigenvalue weighted by Gasteiger charge is 2.25. The lowest BCUT2D eigenvalue weighted by Crippen LogP contribution is -2.06. The molecule has 0 spiro atoms. The van der Waals surface area contributed by atoms with Gasteiger partial charge in [-0.25, -0.2) is 0 Å². The van der Waals surface area contributed by atoms with Gasteiger partial charge in [-0.3, -0.25) is 0 Å². The van der Waals surface area contributed by atoms with Gasteiger partial charge in [0.15, 0.2) is 0 Å². The molecule has 1 aliphatic heterocycles. The molecule has 1 aliphatic carbocycles. The van der Waals surface area contributed by atoms with E-state index in [-0.39, 0.29) is 0 Å². The van der Waals surface area contributed by atoms with Gasteiger partial charge < -0.3 is 0 Å². The highest BCUT2D eigenvalue weighted by molar-refractivity contribution is 8.00. The first-order chi connectivity index (χ1) is 4.97. The lowest BCUT2D eigenvalue weighted by atomic mass is 10.0. The quantitative estimate of drug-likeness (QED) is 0.510. The van der Waals surface area contributed by atoms with Crippen molar-refractivity contribution in [3.8, 4) is 0 Å². The van der Waals surface area contributed by atoms with Crippen LogP contribution in [0.4, 0.5) is 0 Å². The second kappa shape index (κ2) is 2.83. The van der Waals surface area contributed by atoms with Crippen LogP contribution in [-0.2, 0) is 0 Å². The third kappa shape index (κ3) is 1.15. The average Bonchev–Trinajstić information content (AvgIpc) is 2.28. The van der Waals surface area contributed by atoms with Crippen LogP contribution >= 0.6 is 11.8 Å². The molecule has 2 rings (SSSR count). The Morgan fingerprint density at radius 1 is 1.40 bits per heavy atom. The average molecular weight is 150 g/mol. The van der Waals surface area contributed by atoms with E-state index in [9.17, 15) is 0 Å². The van der Waals surface area contributed by atoms with Gasteiger partial charge in [0, 0.05) is 17.4 Å². The van der Waals surface area contributed by atoms with Gasteiger partial charge in [-0.1, -0.05) is 24.3 Å². The van der Waals surface area contributed by atoms with Crippen LogP contribution in [0.3, 0.4) is 0 Å². The van der Waals surface area contributed by atoms with E-state index in [1.165, 1.54) is 6.42 Å². The first kappa shape index (κ1) is 6.53. The van der Waals surface area contributed by atoms with Gasteiger partial charge in [0.2, 0.25) is 0 Å². The molecule has 10 heavy (non-hydrogen) atoms.